The van der Waals surface area contributed by atoms with Gasteiger partial charge < -0.3 is 4.55 Å². The van der Waals surface area contributed by atoms with Crippen LogP contribution in [0, 0.1) is 6.92 Å². The van der Waals surface area contributed by atoms with Crippen molar-refractivity contribution in [3.63, 3.8) is 0 Å². The molecule has 1 unspecified atom stereocenters. The summed E-state index contributed by atoms with van der Waals surface area (Å²) < 4.78 is 10.7. The summed E-state index contributed by atoms with van der Waals surface area (Å²) in [5.74, 6) is 0.884. The Hall–Kier alpha value is 0.310. The summed E-state index contributed by atoms with van der Waals surface area (Å²) in [4.78, 5) is 0. The van der Waals surface area contributed by atoms with Gasteiger partial charge >= 0.3 is 0 Å². The number of rotatable bonds is 8. The molecule has 0 aliphatic rings. The van der Waals surface area contributed by atoms with E-state index in [1.54, 1.807) is 6.26 Å². The predicted octanol–water partition coefficient (Wildman–Crippen LogP) is 2.93. The molecule has 0 aromatic carbocycles. The maximum atomic E-state index is 10.7. The van der Waals surface area contributed by atoms with Crippen LogP contribution in [0.5, 0.6) is 0 Å². The second kappa shape index (κ2) is 9.40. The molecule has 1 atom stereocenters. The van der Waals surface area contributed by atoms with Gasteiger partial charge in [0.05, 0.1) is 6.26 Å². The van der Waals surface area contributed by atoms with Gasteiger partial charge in [0.25, 0.3) is 0 Å². The lowest BCUT2D eigenvalue weighted by atomic mass is 10.1. The van der Waals surface area contributed by atoms with E-state index in [9.17, 15) is 4.55 Å². The molecule has 1 radical (unpaired) electrons. The van der Waals surface area contributed by atoms with E-state index >= 15 is 0 Å². The molecule has 0 aromatic heterocycles. The molecule has 0 rings (SSSR count). The first kappa shape index (κ1) is 12.3. The summed E-state index contributed by atoms with van der Waals surface area (Å²) in [6, 6.07) is 0. The maximum absolute atomic E-state index is 10.7. The van der Waals surface area contributed by atoms with Crippen LogP contribution in [0.2, 0.25) is 0 Å². The van der Waals surface area contributed by atoms with Crippen LogP contribution in [-0.2, 0) is 11.2 Å². The zero-order chi connectivity index (χ0) is 9.23. The van der Waals surface area contributed by atoms with Crippen LogP contribution in [-0.4, -0.2) is 16.6 Å². The van der Waals surface area contributed by atoms with E-state index in [4.69, 9.17) is 0 Å². The van der Waals surface area contributed by atoms with Crippen molar-refractivity contribution in [3.05, 3.63) is 6.92 Å². The van der Waals surface area contributed by atoms with Gasteiger partial charge in [-0.2, -0.15) is 0 Å². The Labute approximate surface area is 80.1 Å². The Bertz CT molecular complexity index is 83.9. The van der Waals surface area contributed by atoms with Crippen LogP contribution in [0.15, 0.2) is 0 Å². The lowest BCUT2D eigenvalue weighted by Gasteiger charge is -2.03. The molecule has 0 saturated heterocycles. The van der Waals surface area contributed by atoms with Gasteiger partial charge in [-0.15, -0.1) is 0 Å². The fraction of sp³-hybridized carbons (Fsp3) is 0.900. The van der Waals surface area contributed by atoms with E-state index in [0.29, 0.717) is 0 Å². The van der Waals surface area contributed by atoms with Crippen LogP contribution in [0.25, 0.3) is 0 Å². The lowest BCUT2D eigenvalue weighted by Crippen LogP contribution is -2.02. The van der Waals surface area contributed by atoms with Crippen LogP contribution >= 0.6 is 0 Å². The molecule has 1 nitrogen and oxygen atoms in total. The van der Waals surface area contributed by atoms with Crippen molar-refractivity contribution in [2.24, 2.45) is 0 Å². The van der Waals surface area contributed by atoms with Gasteiger partial charge in [0.15, 0.2) is 0 Å². The fourth-order valence-electron chi connectivity index (χ4n) is 1.19. The zero-order valence-corrected chi connectivity index (χ0v) is 9.00. The van der Waals surface area contributed by atoms with Crippen molar-refractivity contribution < 1.29 is 4.55 Å². The summed E-state index contributed by atoms with van der Waals surface area (Å²) in [5, 5.41) is 0. The van der Waals surface area contributed by atoms with Gasteiger partial charge in [-0.05, 0) is 12.8 Å². The average Bonchev–Trinajstić information content (AvgIpc) is 2.02. The fourth-order valence-corrected chi connectivity index (χ4v) is 1.80. The third kappa shape index (κ3) is 10.3. The summed E-state index contributed by atoms with van der Waals surface area (Å²) in [7, 11) is 0. The quantitative estimate of drug-likeness (QED) is 0.425. The highest BCUT2D eigenvalue weighted by Crippen LogP contribution is 2.07. The topological polar surface area (TPSA) is 23.1 Å². The molecule has 0 aliphatic heterocycles. The van der Waals surface area contributed by atoms with Gasteiger partial charge in [0, 0.05) is 0 Å². The van der Waals surface area contributed by atoms with Crippen molar-refractivity contribution in [2.45, 2.75) is 44.9 Å². The second-order valence-electron chi connectivity index (χ2n) is 3.25. The van der Waals surface area contributed by atoms with E-state index in [1.165, 1.54) is 32.1 Å². The highest BCUT2D eigenvalue weighted by Gasteiger charge is 1.96. The minimum atomic E-state index is -0.584. The van der Waals surface area contributed by atoms with Crippen LogP contribution < -0.4 is 0 Å². The maximum Gasteiger partial charge on any atom is 0.105 e. The highest BCUT2D eigenvalue weighted by atomic mass is 32.2. The number of hydrogen-bond acceptors (Lipinski definition) is 1. The van der Waals surface area contributed by atoms with E-state index in [1.807, 2.05) is 0 Å². The highest BCUT2D eigenvalue weighted by molar-refractivity contribution is 7.90. The second-order valence-corrected chi connectivity index (χ2v) is 4.81. The Kier molecular flexibility index (Phi) is 9.64. The van der Waals surface area contributed by atoms with Gasteiger partial charge in [-0.25, -0.2) is 0 Å². The van der Waals surface area contributed by atoms with Crippen molar-refractivity contribution in [1.82, 2.24) is 0 Å². The molecule has 2 heteroatoms. The lowest BCUT2D eigenvalue weighted by molar-refractivity contribution is 0.585. The molecule has 0 spiro atoms. The number of hydrogen-bond donors (Lipinski definition) is 0. The summed E-state index contributed by atoms with van der Waals surface area (Å²) in [6.45, 7) is 3.80. The molecular formula is C10H21OS. The van der Waals surface area contributed by atoms with Crippen molar-refractivity contribution >= 4 is 11.2 Å². The SMILES string of the molecule is [CH2]CCCCCCCC[S+](C)[O-]. The third-order valence-electron chi connectivity index (χ3n) is 1.93. The summed E-state index contributed by atoms with van der Waals surface area (Å²) in [5.41, 5.74) is 0. The minimum Gasteiger partial charge on any atom is -0.617 e. The van der Waals surface area contributed by atoms with Gasteiger partial charge in [-0.1, -0.05) is 50.2 Å². The molecule has 0 bridgehead atoms. The predicted molar refractivity (Wildman–Crippen MR) is 56.6 cm³/mol. The Morgan fingerprint density at radius 2 is 1.50 bits per heavy atom. The molecule has 73 valence electrons. The molecular weight excluding hydrogens is 168 g/mol. The zero-order valence-electron chi connectivity index (χ0n) is 8.18. The van der Waals surface area contributed by atoms with Gasteiger partial charge in [0.1, 0.15) is 5.75 Å². The molecule has 0 saturated carbocycles. The average molecular weight is 189 g/mol. The smallest absolute Gasteiger partial charge is 0.105 e. The summed E-state index contributed by atoms with van der Waals surface area (Å²) in [6.07, 6.45) is 10.4. The van der Waals surface area contributed by atoms with E-state index in [-0.39, 0.29) is 0 Å². The Balaban J connectivity index is 2.82. The molecule has 0 aliphatic carbocycles. The van der Waals surface area contributed by atoms with Crippen molar-refractivity contribution in [3.8, 4) is 0 Å². The minimum absolute atomic E-state index is 0.584. The van der Waals surface area contributed by atoms with Crippen LogP contribution in [0.1, 0.15) is 44.9 Å². The molecule has 12 heavy (non-hydrogen) atoms. The first-order valence-electron chi connectivity index (χ1n) is 4.86. The van der Waals surface area contributed by atoms with Gasteiger partial charge in [-0.3, -0.25) is 0 Å². The largest absolute Gasteiger partial charge is 0.617 e. The molecule has 0 heterocycles. The third-order valence-corrected chi connectivity index (χ3v) is 2.80. The molecule has 0 aromatic rings. The molecule has 0 N–H and O–H groups in total. The summed E-state index contributed by atoms with van der Waals surface area (Å²) >= 11 is -0.584. The Morgan fingerprint density at radius 1 is 1.00 bits per heavy atom. The van der Waals surface area contributed by atoms with Crippen molar-refractivity contribution in [1.29, 1.82) is 0 Å². The standard InChI is InChI=1S/C10H21OS/c1-3-4-5-6-7-8-9-10-12(2)11/h1,3-10H2,2H3. The van der Waals surface area contributed by atoms with Crippen molar-refractivity contribution in [2.75, 3.05) is 12.0 Å². The van der Waals surface area contributed by atoms with Crippen LogP contribution in [0.3, 0.4) is 0 Å². The normalized spacial score (nSPS) is 13.2. The van der Waals surface area contributed by atoms with E-state index in [2.05, 4.69) is 6.92 Å². The first-order valence-corrected chi connectivity index (χ1v) is 6.59. The van der Waals surface area contributed by atoms with E-state index in [0.717, 1.165) is 18.6 Å². The molecule has 0 fully saturated rings. The van der Waals surface area contributed by atoms with Gasteiger partial charge in [0.2, 0.25) is 0 Å². The first-order chi connectivity index (χ1) is 5.77. The van der Waals surface area contributed by atoms with E-state index < -0.39 is 11.2 Å². The number of unbranched alkanes of at least 4 members (excludes halogenated alkanes) is 6. The Morgan fingerprint density at radius 3 is 2.00 bits per heavy atom. The molecule has 0 amide bonds. The van der Waals surface area contributed by atoms with Crippen LogP contribution in [0.4, 0.5) is 0 Å². The monoisotopic (exact) mass is 189 g/mol.